The lowest BCUT2D eigenvalue weighted by Crippen LogP contribution is -2.17. The molecule has 0 aromatic carbocycles. The van der Waals surface area contributed by atoms with Crippen LogP contribution in [0.4, 0.5) is 14.5 Å². The lowest BCUT2D eigenvalue weighted by atomic mass is 10.0. The van der Waals surface area contributed by atoms with E-state index in [9.17, 15) is 18.4 Å². The highest BCUT2D eigenvalue weighted by Gasteiger charge is 2.27. The van der Waals surface area contributed by atoms with Crippen LogP contribution in [0.5, 0.6) is 0 Å². The second-order valence-corrected chi connectivity index (χ2v) is 8.18. The van der Waals surface area contributed by atoms with E-state index < -0.39 is 23.9 Å². The predicted molar refractivity (Wildman–Crippen MR) is 116 cm³/mol. The van der Waals surface area contributed by atoms with Crippen molar-refractivity contribution in [3.05, 3.63) is 45.4 Å². The lowest BCUT2D eigenvalue weighted by molar-refractivity contribution is 0.100. The van der Waals surface area contributed by atoms with E-state index in [4.69, 9.17) is 17.3 Å². The summed E-state index contributed by atoms with van der Waals surface area (Å²) in [4.78, 5) is 29.0. The summed E-state index contributed by atoms with van der Waals surface area (Å²) >= 11 is 6.78. The van der Waals surface area contributed by atoms with Gasteiger partial charge in [-0.3, -0.25) is 19.4 Å². The van der Waals surface area contributed by atoms with Crippen LogP contribution in [0.2, 0.25) is 5.02 Å². The van der Waals surface area contributed by atoms with Crippen molar-refractivity contribution in [2.75, 3.05) is 5.32 Å². The molecule has 0 aliphatic rings. The number of rotatable bonds is 6. The summed E-state index contributed by atoms with van der Waals surface area (Å²) in [5, 5.41) is 13.5. The van der Waals surface area contributed by atoms with Crippen molar-refractivity contribution in [1.82, 2.24) is 25.0 Å². The maximum absolute atomic E-state index is 13.6. The minimum absolute atomic E-state index is 0.0323. The molecule has 0 fully saturated rings. The number of amides is 2. The second-order valence-electron chi connectivity index (χ2n) is 6.78. The van der Waals surface area contributed by atoms with Crippen LogP contribution in [0.3, 0.4) is 0 Å². The number of carbonyl (C=O) groups excluding carboxylic acids is 2. The maximum Gasteiger partial charge on any atom is 0.280 e. The Hall–Kier alpha value is -3.38. The van der Waals surface area contributed by atoms with Crippen LogP contribution in [0, 0.1) is 6.92 Å². The fourth-order valence-corrected chi connectivity index (χ4v) is 4.48. The van der Waals surface area contributed by atoms with Gasteiger partial charge in [-0.05, 0) is 25.5 Å². The third-order valence-corrected chi connectivity index (χ3v) is 6.13. The zero-order chi connectivity index (χ0) is 23.2. The quantitative estimate of drug-likeness (QED) is 0.382. The summed E-state index contributed by atoms with van der Waals surface area (Å²) in [6.45, 7) is 4.19. The fraction of sp³-hybridized carbons (Fsp3) is 0.211. The van der Waals surface area contributed by atoms with Gasteiger partial charge in [0.05, 0.1) is 22.6 Å². The van der Waals surface area contributed by atoms with Gasteiger partial charge in [0.2, 0.25) is 0 Å². The van der Waals surface area contributed by atoms with E-state index in [0.29, 0.717) is 28.8 Å². The molecule has 4 rings (SSSR count). The van der Waals surface area contributed by atoms with Gasteiger partial charge in [-0.25, -0.2) is 13.8 Å². The minimum atomic E-state index is -2.85. The van der Waals surface area contributed by atoms with Crippen LogP contribution in [-0.2, 0) is 6.54 Å². The van der Waals surface area contributed by atoms with Crippen LogP contribution in [0.1, 0.15) is 44.9 Å². The van der Waals surface area contributed by atoms with Gasteiger partial charge >= 0.3 is 0 Å². The summed E-state index contributed by atoms with van der Waals surface area (Å²) in [7, 11) is 0. The molecular formula is C19H16ClF2N7O2S. The number of fused-ring (bicyclic) bond motifs is 1. The van der Waals surface area contributed by atoms with Crippen LogP contribution in [0.25, 0.3) is 21.3 Å². The Morgan fingerprint density at radius 3 is 2.69 bits per heavy atom. The first-order chi connectivity index (χ1) is 15.2. The Labute approximate surface area is 188 Å². The lowest BCUT2D eigenvalue weighted by Gasteiger charge is -2.10. The van der Waals surface area contributed by atoms with Gasteiger partial charge in [0.15, 0.2) is 0 Å². The number of aryl methyl sites for hydroxylation is 2. The molecular weight excluding hydrogens is 464 g/mol. The highest BCUT2D eigenvalue weighted by Crippen LogP contribution is 2.43. The number of H-pyrrole nitrogens is 1. The van der Waals surface area contributed by atoms with Gasteiger partial charge in [-0.15, -0.1) is 11.3 Å². The first-order valence-corrected chi connectivity index (χ1v) is 10.5. The Bertz CT molecular complexity index is 1360. The molecule has 0 saturated carbocycles. The van der Waals surface area contributed by atoms with Crippen LogP contribution in [0.15, 0.2) is 18.5 Å². The molecule has 4 N–H and O–H groups in total. The molecule has 0 unspecified atom stereocenters. The number of anilines is 1. The number of aromatic nitrogens is 5. The SMILES string of the molecule is CCn1cc(-c2cc(C(F)F)nc3sc(C(N)=O)c(NC(=O)c4[nH]ncc4Cl)c23)c(C)n1. The molecule has 0 atom stereocenters. The monoisotopic (exact) mass is 479 g/mol. The molecule has 2 amide bonds. The van der Waals surface area contributed by atoms with E-state index in [-0.39, 0.29) is 26.1 Å². The van der Waals surface area contributed by atoms with E-state index in [2.05, 4.69) is 25.6 Å². The number of hydrogen-bond acceptors (Lipinski definition) is 6. The number of nitrogens with one attached hydrogen (secondary N) is 2. The van der Waals surface area contributed by atoms with E-state index in [1.54, 1.807) is 17.8 Å². The van der Waals surface area contributed by atoms with Gasteiger partial charge in [0, 0.05) is 23.7 Å². The summed E-state index contributed by atoms with van der Waals surface area (Å²) in [5.41, 5.74) is 6.57. The molecule has 0 spiro atoms. The summed E-state index contributed by atoms with van der Waals surface area (Å²) in [5.74, 6) is -1.52. The fourth-order valence-electron chi connectivity index (χ4n) is 3.29. The molecule has 0 saturated heterocycles. The van der Waals surface area contributed by atoms with E-state index in [1.165, 1.54) is 12.3 Å². The molecule has 166 valence electrons. The number of aromatic amines is 1. The van der Waals surface area contributed by atoms with Gasteiger partial charge in [0.25, 0.3) is 18.2 Å². The molecule has 0 bridgehead atoms. The number of hydrogen-bond donors (Lipinski definition) is 3. The van der Waals surface area contributed by atoms with E-state index >= 15 is 0 Å². The Morgan fingerprint density at radius 2 is 2.12 bits per heavy atom. The summed E-state index contributed by atoms with van der Waals surface area (Å²) in [6.07, 6.45) is 0.112. The topological polar surface area (TPSA) is 132 Å². The molecule has 9 nitrogen and oxygen atoms in total. The zero-order valence-electron chi connectivity index (χ0n) is 16.7. The van der Waals surface area contributed by atoms with Crippen molar-refractivity contribution in [1.29, 1.82) is 0 Å². The standard InChI is InChI=1S/C19H16ClF2N7O2S/c1-3-29-6-9(7(2)28-29)8-4-11(16(21)22)25-19-12(8)14(15(32-19)17(23)30)26-18(31)13-10(20)5-24-27-13/h4-6,16H,3H2,1-2H3,(H2,23,30)(H,24,27)(H,26,31). The average Bonchev–Trinajstić information content (AvgIpc) is 3.44. The van der Waals surface area contributed by atoms with E-state index in [0.717, 1.165) is 11.3 Å². The predicted octanol–water partition coefficient (Wildman–Crippen LogP) is 4.15. The van der Waals surface area contributed by atoms with Crippen molar-refractivity contribution in [3.8, 4) is 11.1 Å². The Balaban J connectivity index is 2.00. The van der Waals surface area contributed by atoms with Crippen molar-refractivity contribution < 1.29 is 18.4 Å². The van der Waals surface area contributed by atoms with Crippen LogP contribution < -0.4 is 11.1 Å². The van der Waals surface area contributed by atoms with Crippen molar-refractivity contribution >= 4 is 50.7 Å². The first-order valence-electron chi connectivity index (χ1n) is 9.31. The molecule has 4 heterocycles. The van der Waals surface area contributed by atoms with Gasteiger partial charge in [-0.1, -0.05) is 11.6 Å². The van der Waals surface area contributed by atoms with Crippen molar-refractivity contribution in [2.24, 2.45) is 5.73 Å². The highest BCUT2D eigenvalue weighted by atomic mass is 35.5. The number of halogens is 3. The zero-order valence-corrected chi connectivity index (χ0v) is 18.3. The van der Waals surface area contributed by atoms with Crippen LogP contribution >= 0.6 is 22.9 Å². The largest absolute Gasteiger partial charge is 0.365 e. The summed E-state index contributed by atoms with van der Waals surface area (Å²) in [6, 6.07) is 1.23. The van der Waals surface area contributed by atoms with Crippen molar-refractivity contribution in [2.45, 2.75) is 26.8 Å². The first kappa shape index (κ1) is 21.8. The molecule has 0 aliphatic heterocycles. The maximum atomic E-state index is 13.6. The molecule has 32 heavy (non-hydrogen) atoms. The third-order valence-electron chi connectivity index (χ3n) is 4.75. The van der Waals surface area contributed by atoms with Gasteiger partial charge in [0.1, 0.15) is 21.1 Å². The van der Waals surface area contributed by atoms with Crippen LogP contribution in [-0.4, -0.2) is 36.8 Å². The number of thiophene rings is 1. The number of nitrogens with two attached hydrogens (primary N) is 1. The molecule has 4 aromatic heterocycles. The van der Waals surface area contributed by atoms with Gasteiger partial charge < -0.3 is 11.1 Å². The number of pyridine rings is 1. The average molecular weight is 480 g/mol. The molecule has 4 aromatic rings. The Kier molecular flexibility index (Phi) is 5.65. The molecule has 13 heteroatoms. The smallest absolute Gasteiger partial charge is 0.280 e. The normalized spacial score (nSPS) is 11.4. The number of carbonyl (C=O) groups is 2. The minimum Gasteiger partial charge on any atom is -0.365 e. The second kappa shape index (κ2) is 8.28. The number of primary amides is 1. The molecule has 0 aliphatic carbocycles. The van der Waals surface area contributed by atoms with Crippen molar-refractivity contribution in [3.63, 3.8) is 0 Å². The van der Waals surface area contributed by atoms with E-state index in [1.807, 2.05) is 6.92 Å². The summed E-state index contributed by atoms with van der Waals surface area (Å²) < 4.78 is 28.9. The highest BCUT2D eigenvalue weighted by molar-refractivity contribution is 7.21. The number of nitrogens with zero attached hydrogens (tertiary/aromatic N) is 4. The third kappa shape index (κ3) is 3.71. The molecule has 0 radical (unpaired) electrons. The number of alkyl halides is 2. The van der Waals surface area contributed by atoms with Gasteiger partial charge in [-0.2, -0.15) is 10.2 Å². The Morgan fingerprint density at radius 1 is 1.38 bits per heavy atom.